The number of hydrazone groups is 1. The third-order valence-corrected chi connectivity index (χ3v) is 2.66. The van der Waals surface area contributed by atoms with E-state index in [2.05, 4.69) is 20.7 Å². The highest BCUT2D eigenvalue weighted by atomic mass is 35.5. The monoisotopic (exact) mass is 276 g/mol. The number of rotatable bonds is 4. The summed E-state index contributed by atoms with van der Waals surface area (Å²) in [5.41, 5.74) is 4.60. The van der Waals surface area contributed by atoms with Crippen LogP contribution in [0.1, 0.15) is 12.5 Å². The average Bonchev–Trinajstić information content (AvgIpc) is 2.46. The molecule has 6 heteroatoms. The van der Waals surface area contributed by atoms with E-state index in [1.807, 2.05) is 31.2 Å². The molecular weight excluding hydrogens is 264 g/mol. The van der Waals surface area contributed by atoms with Crippen LogP contribution in [0.4, 0.5) is 5.82 Å². The second kappa shape index (κ2) is 6.15. The minimum atomic E-state index is 0.346. The first kappa shape index (κ1) is 13.3. The molecule has 0 saturated carbocycles. The first-order valence-electron chi connectivity index (χ1n) is 5.63. The zero-order chi connectivity index (χ0) is 13.7. The highest BCUT2D eigenvalue weighted by Gasteiger charge is 2.00. The van der Waals surface area contributed by atoms with E-state index in [1.54, 1.807) is 19.2 Å². The van der Waals surface area contributed by atoms with Crippen molar-refractivity contribution < 1.29 is 4.74 Å². The fourth-order valence-corrected chi connectivity index (χ4v) is 1.53. The summed E-state index contributed by atoms with van der Waals surface area (Å²) in [6.45, 7) is 1.89. The first-order valence-corrected chi connectivity index (χ1v) is 6.01. The fourth-order valence-electron chi connectivity index (χ4n) is 1.43. The Kier molecular flexibility index (Phi) is 4.30. The SMILES string of the molecule is COc1cccc(/C(C)=N/Nc2ccc(Cl)nn2)c1. The Balaban J connectivity index is 2.11. The molecule has 0 amide bonds. The molecule has 1 aromatic carbocycles. The quantitative estimate of drug-likeness (QED) is 0.689. The van der Waals surface area contributed by atoms with Crippen LogP contribution in [0.5, 0.6) is 5.75 Å². The number of benzene rings is 1. The van der Waals surface area contributed by atoms with Gasteiger partial charge in [0.05, 0.1) is 12.8 Å². The second-order valence-electron chi connectivity index (χ2n) is 3.78. The number of hydrogen-bond donors (Lipinski definition) is 1. The molecule has 5 nitrogen and oxygen atoms in total. The lowest BCUT2D eigenvalue weighted by atomic mass is 10.1. The highest BCUT2D eigenvalue weighted by molar-refractivity contribution is 6.29. The maximum absolute atomic E-state index is 5.65. The number of ether oxygens (including phenoxy) is 1. The Morgan fingerprint density at radius 2 is 2.11 bits per heavy atom. The number of methoxy groups -OCH3 is 1. The number of aromatic nitrogens is 2. The predicted molar refractivity (Wildman–Crippen MR) is 75.9 cm³/mol. The predicted octanol–water partition coefficient (Wildman–Crippen LogP) is 2.97. The van der Waals surface area contributed by atoms with Gasteiger partial charge in [-0.2, -0.15) is 5.10 Å². The normalized spacial score (nSPS) is 11.2. The summed E-state index contributed by atoms with van der Waals surface area (Å²) < 4.78 is 5.17. The van der Waals surface area contributed by atoms with Crippen molar-refractivity contribution in [2.75, 3.05) is 12.5 Å². The van der Waals surface area contributed by atoms with Gasteiger partial charge < -0.3 is 4.74 Å². The van der Waals surface area contributed by atoms with Crippen LogP contribution in [0, 0.1) is 0 Å². The van der Waals surface area contributed by atoms with Crippen molar-refractivity contribution in [3.05, 3.63) is 47.1 Å². The lowest BCUT2D eigenvalue weighted by Crippen LogP contribution is -2.01. The van der Waals surface area contributed by atoms with Crippen molar-refractivity contribution in [3.63, 3.8) is 0 Å². The zero-order valence-corrected chi connectivity index (χ0v) is 11.3. The van der Waals surface area contributed by atoms with Gasteiger partial charge in [0.25, 0.3) is 0 Å². The van der Waals surface area contributed by atoms with Gasteiger partial charge in [-0.1, -0.05) is 23.7 Å². The Hall–Kier alpha value is -2.14. The van der Waals surface area contributed by atoms with Gasteiger partial charge in [0.15, 0.2) is 11.0 Å². The van der Waals surface area contributed by atoms with E-state index in [0.717, 1.165) is 17.0 Å². The zero-order valence-electron chi connectivity index (χ0n) is 10.6. The molecule has 0 radical (unpaired) electrons. The number of nitrogens with one attached hydrogen (secondary N) is 1. The lowest BCUT2D eigenvalue weighted by Gasteiger charge is -2.04. The summed E-state index contributed by atoms with van der Waals surface area (Å²) in [5, 5.41) is 12.2. The Morgan fingerprint density at radius 3 is 2.79 bits per heavy atom. The fraction of sp³-hybridized carbons (Fsp3) is 0.154. The molecule has 0 aliphatic rings. The molecular formula is C13H13ClN4O. The molecule has 0 bridgehead atoms. The van der Waals surface area contributed by atoms with E-state index in [4.69, 9.17) is 16.3 Å². The van der Waals surface area contributed by atoms with Gasteiger partial charge >= 0.3 is 0 Å². The molecule has 1 heterocycles. The van der Waals surface area contributed by atoms with Crippen LogP contribution < -0.4 is 10.2 Å². The molecule has 1 N–H and O–H groups in total. The van der Waals surface area contributed by atoms with Crippen LogP contribution in [-0.4, -0.2) is 23.0 Å². The summed E-state index contributed by atoms with van der Waals surface area (Å²) in [4.78, 5) is 0. The third-order valence-electron chi connectivity index (χ3n) is 2.46. The molecule has 0 saturated heterocycles. The second-order valence-corrected chi connectivity index (χ2v) is 4.17. The van der Waals surface area contributed by atoms with Crippen molar-refractivity contribution in [1.29, 1.82) is 0 Å². The summed E-state index contributed by atoms with van der Waals surface area (Å²) in [6.07, 6.45) is 0. The molecule has 0 unspecified atom stereocenters. The molecule has 98 valence electrons. The van der Waals surface area contributed by atoms with Gasteiger partial charge in [-0.15, -0.1) is 10.2 Å². The van der Waals surface area contributed by atoms with E-state index in [1.165, 1.54) is 0 Å². The van der Waals surface area contributed by atoms with Crippen LogP contribution in [0.3, 0.4) is 0 Å². The van der Waals surface area contributed by atoms with Crippen LogP contribution in [0.25, 0.3) is 0 Å². The van der Waals surface area contributed by atoms with Crippen molar-refractivity contribution in [3.8, 4) is 5.75 Å². The number of anilines is 1. The smallest absolute Gasteiger partial charge is 0.168 e. The van der Waals surface area contributed by atoms with Crippen molar-refractivity contribution in [2.45, 2.75) is 6.92 Å². The standard InChI is InChI=1S/C13H13ClN4O/c1-9(10-4-3-5-11(8-10)19-2)15-17-13-7-6-12(14)16-18-13/h3-8H,1-2H3,(H,17,18)/b15-9+. The van der Waals surface area contributed by atoms with Crippen molar-refractivity contribution in [1.82, 2.24) is 10.2 Å². The van der Waals surface area contributed by atoms with E-state index in [0.29, 0.717) is 11.0 Å². The Bertz CT molecular complexity index is 583. The topological polar surface area (TPSA) is 59.4 Å². The lowest BCUT2D eigenvalue weighted by molar-refractivity contribution is 0.414. The largest absolute Gasteiger partial charge is 0.497 e. The summed E-state index contributed by atoms with van der Waals surface area (Å²) in [6, 6.07) is 11.0. The van der Waals surface area contributed by atoms with Gasteiger partial charge in [-0.25, -0.2) is 0 Å². The number of hydrogen-bond acceptors (Lipinski definition) is 5. The van der Waals surface area contributed by atoms with E-state index >= 15 is 0 Å². The molecule has 0 aliphatic heterocycles. The first-order chi connectivity index (χ1) is 9.19. The summed E-state index contributed by atoms with van der Waals surface area (Å²) in [5.74, 6) is 1.32. The Labute approximate surface area is 116 Å². The van der Waals surface area contributed by atoms with Gasteiger partial charge in [0, 0.05) is 5.56 Å². The molecule has 0 atom stereocenters. The van der Waals surface area contributed by atoms with Crippen molar-refractivity contribution in [2.24, 2.45) is 5.10 Å². The number of halogens is 1. The molecule has 19 heavy (non-hydrogen) atoms. The maximum Gasteiger partial charge on any atom is 0.168 e. The van der Waals surface area contributed by atoms with Gasteiger partial charge in [0.2, 0.25) is 0 Å². The van der Waals surface area contributed by atoms with Gasteiger partial charge in [-0.3, -0.25) is 5.43 Å². The molecule has 0 spiro atoms. The highest BCUT2D eigenvalue weighted by Crippen LogP contribution is 2.13. The molecule has 0 fully saturated rings. The van der Waals surface area contributed by atoms with Crippen LogP contribution in [0.15, 0.2) is 41.5 Å². The van der Waals surface area contributed by atoms with Crippen LogP contribution >= 0.6 is 11.6 Å². The molecule has 0 aliphatic carbocycles. The van der Waals surface area contributed by atoms with Crippen molar-refractivity contribution >= 4 is 23.1 Å². The van der Waals surface area contributed by atoms with Gasteiger partial charge in [0.1, 0.15) is 5.75 Å². The minimum absolute atomic E-state index is 0.346. The number of nitrogens with zero attached hydrogens (tertiary/aromatic N) is 3. The average molecular weight is 277 g/mol. The third kappa shape index (κ3) is 3.66. The molecule has 2 aromatic rings. The Morgan fingerprint density at radius 1 is 1.26 bits per heavy atom. The molecule has 2 rings (SSSR count). The van der Waals surface area contributed by atoms with E-state index in [-0.39, 0.29) is 0 Å². The van der Waals surface area contributed by atoms with Crippen LogP contribution in [0.2, 0.25) is 5.15 Å². The summed E-state index contributed by atoms with van der Waals surface area (Å²) in [7, 11) is 1.63. The van der Waals surface area contributed by atoms with E-state index < -0.39 is 0 Å². The van der Waals surface area contributed by atoms with Crippen LogP contribution in [-0.2, 0) is 0 Å². The van der Waals surface area contributed by atoms with Gasteiger partial charge in [-0.05, 0) is 31.2 Å². The molecule has 1 aromatic heterocycles. The maximum atomic E-state index is 5.65. The summed E-state index contributed by atoms with van der Waals surface area (Å²) >= 11 is 5.65. The van der Waals surface area contributed by atoms with E-state index in [9.17, 15) is 0 Å². The minimum Gasteiger partial charge on any atom is -0.497 e.